The highest BCUT2D eigenvalue weighted by Crippen LogP contribution is 2.32. The predicted molar refractivity (Wildman–Crippen MR) is 126 cm³/mol. The molecule has 0 heterocycles. The summed E-state index contributed by atoms with van der Waals surface area (Å²) in [6.07, 6.45) is 3.51. The molecule has 6 heteroatoms. The highest BCUT2D eigenvalue weighted by Gasteiger charge is 2.30. The van der Waals surface area contributed by atoms with Crippen LogP contribution in [-0.4, -0.2) is 37.2 Å². The molecule has 0 bridgehead atoms. The normalized spacial score (nSPS) is 19.6. The van der Waals surface area contributed by atoms with Crippen molar-refractivity contribution in [3.05, 3.63) is 33.9 Å². The van der Waals surface area contributed by atoms with Crippen LogP contribution in [0.5, 0.6) is 0 Å². The number of Topliss-reactive ketones (excluding diaryl/α,β-unsaturated/α-hetero) is 1. The van der Waals surface area contributed by atoms with E-state index in [1.165, 1.54) is 0 Å². The van der Waals surface area contributed by atoms with Gasteiger partial charge in [-0.15, -0.1) is 0 Å². The predicted octanol–water partition coefficient (Wildman–Crippen LogP) is 4.49. The molecule has 2 rings (SSSR count). The fraction of sp³-hybridized carbons (Fsp3) is 0.680. The fourth-order valence-corrected chi connectivity index (χ4v) is 5.85. The Bertz CT molecular complexity index is 923. The maximum Gasteiger partial charge on any atom is 0.251 e. The summed E-state index contributed by atoms with van der Waals surface area (Å²) in [6.45, 7) is 13.2. The van der Waals surface area contributed by atoms with Crippen molar-refractivity contribution in [3.8, 4) is 0 Å². The second kappa shape index (κ2) is 10.3. The summed E-state index contributed by atoms with van der Waals surface area (Å²) in [5.41, 5.74) is 4.61. The van der Waals surface area contributed by atoms with Gasteiger partial charge >= 0.3 is 0 Å². The van der Waals surface area contributed by atoms with Crippen LogP contribution < -0.4 is 5.32 Å². The molecule has 1 aliphatic rings. The lowest BCUT2D eigenvalue weighted by atomic mass is 9.78. The topological polar surface area (TPSA) is 80.3 Å². The molecular weight excluding hydrogens is 410 g/mol. The summed E-state index contributed by atoms with van der Waals surface area (Å²) in [5, 5.41) is 2.60. The average Bonchev–Trinajstić information content (AvgIpc) is 2.67. The SMILES string of the molecule is Cc1cc(C(=O)NC(C)C)c(C)c(C)c1CC(=O)C1CCC(CS(=O)(=O)C(C)C)CC1. The number of benzene rings is 1. The van der Waals surface area contributed by atoms with E-state index >= 15 is 0 Å². The maximum absolute atomic E-state index is 13.1. The van der Waals surface area contributed by atoms with Gasteiger partial charge in [0, 0.05) is 23.9 Å². The summed E-state index contributed by atoms with van der Waals surface area (Å²) < 4.78 is 24.4. The van der Waals surface area contributed by atoms with Crippen molar-refractivity contribution in [2.75, 3.05) is 5.75 Å². The minimum Gasteiger partial charge on any atom is -0.350 e. The van der Waals surface area contributed by atoms with Gasteiger partial charge in [-0.25, -0.2) is 8.42 Å². The van der Waals surface area contributed by atoms with Crippen molar-refractivity contribution in [1.82, 2.24) is 5.32 Å². The van der Waals surface area contributed by atoms with Crippen LogP contribution in [0.25, 0.3) is 0 Å². The van der Waals surface area contributed by atoms with Crippen molar-refractivity contribution in [3.63, 3.8) is 0 Å². The van der Waals surface area contributed by atoms with Crippen LogP contribution in [0.2, 0.25) is 0 Å². The molecule has 1 fully saturated rings. The van der Waals surface area contributed by atoms with Gasteiger partial charge in [-0.05, 0) is 108 Å². The number of hydrogen-bond acceptors (Lipinski definition) is 4. The molecule has 0 atom stereocenters. The zero-order chi connectivity index (χ0) is 23.5. The van der Waals surface area contributed by atoms with E-state index in [1.54, 1.807) is 13.8 Å². The van der Waals surface area contributed by atoms with Gasteiger partial charge in [-0.2, -0.15) is 0 Å². The van der Waals surface area contributed by atoms with Gasteiger partial charge in [0.1, 0.15) is 5.78 Å². The molecule has 5 nitrogen and oxygen atoms in total. The molecule has 0 spiro atoms. The zero-order valence-corrected chi connectivity index (χ0v) is 21.0. The Morgan fingerprint density at radius 1 is 1.00 bits per heavy atom. The van der Waals surface area contributed by atoms with Crippen LogP contribution in [0.3, 0.4) is 0 Å². The van der Waals surface area contributed by atoms with Gasteiger partial charge in [0.15, 0.2) is 9.84 Å². The van der Waals surface area contributed by atoms with Crippen LogP contribution in [0.1, 0.15) is 86.0 Å². The van der Waals surface area contributed by atoms with Gasteiger partial charge in [-0.3, -0.25) is 9.59 Å². The molecule has 0 aliphatic heterocycles. The first-order chi connectivity index (χ1) is 14.3. The first-order valence-electron chi connectivity index (χ1n) is 11.5. The molecular formula is C25H39NO4S. The van der Waals surface area contributed by atoms with E-state index in [0.717, 1.165) is 47.9 Å². The van der Waals surface area contributed by atoms with Crippen molar-refractivity contribution in [2.24, 2.45) is 11.8 Å². The summed E-state index contributed by atoms with van der Waals surface area (Å²) >= 11 is 0. The second-order valence-corrected chi connectivity index (χ2v) is 12.4. The third kappa shape index (κ3) is 6.41. The Kier molecular flexibility index (Phi) is 8.48. The first kappa shape index (κ1) is 25.6. The second-order valence-electron chi connectivity index (χ2n) is 9.84. The van der Waals surface area contributed by atoms with Gasteiger partial charge in [0.25, 0.3) is 5.91 Å². The van der Waals surface area contributed by atoms with Crippen LogP contribution in [0.4, 0.5) is 0 Å². The molecule has 1 aromatic carbocycles. The highest BCUT2D eigenvalue weighted by molar-refractivity contribution is 7.91. The summed E-state index contributed by atoms with van der Waals surface area (Å²) in [6, 6.07) is 1.97. The lowest BCUT2D eigenvalue weighted by Gasteiger charge is -2.28. The maximum atomic E-state index is 13.1. The van der Waals surface area contributed by atoms with Gasteiger partial charge in [0.2, 0.25) is 0 Å². The van der Waals surface area contributed by atoms with Crippen molar-refractivity contribution in [1.29, 1.82) is 0 Å². The van der Waals surface area contributed by atoms with Gasteiger partial charge < -0.3 is 5.32 Å². The smallest absolute Gasteiger partial charge is 0.251 e. The number of amides is 1. The molecule has 0 aromatic heterocycles. The highest BCUT2D eigenvalue weighted by atomic mass is 32.2. The Labute approximate surface area is 188 Å². The monoisotopic (exact) mass is 449 g/mol. The lowest BCUT2D eigenvalue weighted by Crippen LogP contribution is -2.31. The van der Waals surface area contributed by atoms with Crippen molar-refractivity contribution < 1.29 is 18.0 Å². The molecule has 0 unspecified atom stereocenters. The number of sulfone groups is 1. The van der Waals surface area contributed by atoms with Gasteiger partial charge in [0.05, 0.1) is 11.0 Å². The lowest BCUT2D eigenvalue weighted by molar-refractivity contribution is -0.123. The number of rotatable bonds is 8. The van der Waals surface area contributed by atoms with Crippen molar-refractivity contribution >= 4 is 21.5 Å². The summed E-state index contributed by atoms with van der Waals surface area (Å²) in [5.74, 6) is 0.562. The first-order valence-corrected chi connectivity index (χ1v) is 13.2. The van der Waals surface area contributed by atoms with E-state index in [0.29, 0.717) is 12.0 Å². The van der Waals surface area contributed by atoms with E-state index in [1.807, 2.05) is 40.7 Å². The standard InChI is InChI=1S/C25H39NO4S/c1-15(2)26-25(28)23-12-17(5)22(18(6)19(23)7)13-24(27)21-10-8-20(9-11-21)14-31(29,30)16(3)4/h12,15-16,20-21H,8-11,13-14H2,1-7H3,(H,26,28). The third-order valence-corrected chi connectivity index (χ3v) is 9.13. The molecule has 174 valence electrons. The number of aryl methyl sites for hydroxylation is 1. The molecule has 0 radical (unpaired) electrons. The average molecular weight is 450 g/mol. The number of hydrogen-bond donors (Lipinski definition) is 1. The van der Waals surface area contributed by atoms with Crippen LogP contribution >= 0.6 is 0 Å². The molecule has 1 amide bonds. The van der Waals surface area contributed by atoms with E-state index in [-0.39, 0.29) is 40.6 Å². The Morgan fingerprint density at radius 3 is 2.10 bits per heavy atom. The quantitative estimate of drug-likeness (QED) is 0.634. The van der Waals surface area contributed by atoms with Crippen LogP contribution in [-0.2, 0) is 21.1 Å². The van der Waals surface area contributed by atoms with E-state index in [9.17, 15) is 18.0 Å². The number of nitrogens with one attached hydrogen (secondary N) is 1. The Balaban J connectivity index is 2.06. The van der Waals surface area contributed by atoms with E-state index in [4.69, 9.17) is 0 Å². The molecule has 0 saturated heterocycles. The Hall–Kier alpha value is -1.69. The molecule has 1 N–H and O–H groups in total. The number of carbonyl (C=O) groups excluding carboxylic acids is 2. The third-order valence-electron chi connectivity index (χ3n) is 6.76. The fourth-order valence-electron chi connectivity index (χ4n) is 4.47. The van der Waals surface area contributed by atoms with Crippen LogP contribution in [0, 0.1) is 32.6 Å². The van der Waals surface area contributed by atoms with Crippen molar-refractivity contribution in [2.45, 2.75) is 91.9 Å². The number of carbonyl (C=O) groups is 2. The largest absolute Gasteiger partial charge is 0.350 e. The minimum absolute atomic E-state index is 0.000950. The molecule has 31 heavy (non-hydrogen) atoms. The molecule has 1 aliphatic carbocycles. The summed E-state index contributed by atoms with van der Waals surface area (Å²) in [7, 11) is -3.04. The van der Waals surface area contributed by atoms with Crippen LogP contribution in [0.15, 0.2) is 6.07 Å². The molecule has 1 aromatic rings. The van der Waals surface area contributed by atoms with E-state index < -0.39 is 9.84 Å². The van der Waals surface area contributed by atoms with Gasteiger partial charge in [-0.1, -0.05) is 0 Å². The number of ketones is 1. The summed E-state index contributed by atoms with van der Waals surface area (Å²) in [4.78, 5) is 25.6. The molecule has 1 saturated carbocycles. The minimum atomic E-state index is -3.04. The zero-order valence-electron chi connectivity index (χ0n) is 20.2. The Morgan fingerprint density at radius 2 is 1.58 bits per heavy atom. The van der Waals surface area contributed by atoms with E-state index in [2.05, 4.69) is 5.32 Å².